The van der Waals surface area contributed by atoms with E-state index in [2.05, 4.69) is 48.3 Å². The fourth-order valence-corrected chi connectivity index (χ4v) is 4.46. The zero-order valence-electron chi connectivity index (χ0n) is 17.2. The first-order chi connectivity index (χ1) is 14.3. The average Bonchev–Trinajstić information content (AvgIpc) is 3.10. The molecule has 2 aliphatic rings. The molecule has 3 aromatic heterocycles. The van der Waals surface area contributed by atoms with Crippen molar-refractivity contribution in [2.45, 2.75) is 70.5 Å². The summed E-state index contributed by atoms with van der Waals surface area (Å²) in [6, 6.07) is 4.87. The van der Waals surface area contributed by atoms with Gasteiger partial charge in [0, 0.05) is 30.8 Å². The SMILES string of the molecule is CCCc1ccc(CN2CCC(c3nnc(Cn4ccnc4)n3C3CC3)CC2)o1. The van der Waals surface area contributed by atoms with Crippen molar-refractivity contribution < 1.29 is 4.42 Å². The summed E-state index contributed by atoms with van der Waals surface area (Å²) in [4.78, 5) is 6.66. The van der Waals surface area contributed by atoms with Gasteiger partial charge in [0.2, 0.25) is 0 Å². The van der Waals surface area contributed by atoms with Gasteiger partial charge in [-0.05, 0) is 57.3 Å². The fraction of sp³-hybridized carbons (Fsp3) is 0.591. The van der Waals surface area contributed by atoms with Crippen LogP contribution in [0.1, 0.15) is 74.2 Å². The molecule has 4 heterocycles. The Bertz CT molecular complexity index is 915. The Balaban J connectivity index is 1.23. The molecule has 0 bridgehead atoms. The third kappa shape index (κ3) is 4.15. The molecular weight excluding hydrogens is 364 g/mol. The molecule has 2 fully saturated rings. The molecule has 0 unspecified atom stereocenters. The van der Waals surface area contributed by atoms with E-state index in [1.165, 1.54) is 18.7 Å². The third-order valence-corrected chi connectivity index (χ3v) is 6.13. The van der Waals surface area contributed by atoms with Crippen LogP contribution >= 0.6 is 0 Å². The molecule has 1 saturated heterocycles. The molecule has 7 nitrogen and oxygen atoms in total. The van der Waals surface area contributed by atoms with Crippen LogP contribution in [0.4, 0.5) is 0 Å². The van der Waals surface area contributed by atoms with Crippen molar-refractivity contribution in [3.63, 3.8) is 0 Å². The Morgan fingerprint density at radius 2 is 1.86 bits per heavy atom. The van der Waals surface area contributed by atoms with Crippen molar-refractivity contribution in [1.29, 1.82) is 0 Å². The number of hydrogen-bond donors (Lipinski definition) is 0. The van der Waals surface area contributed by atoms with Gasteiger partial charge in [0.15, 0.2) is 5.82 Å². The molecule has 3 aromatic rings. The molecule has 1 saturated carbocycles. The number of furan rings is 1. The van der Waals surface area contributed by atoms with Gasteiger partial charge in [0.05, 0.1) is 19.4 Å². The second-order valence-corrected chi connectivity index (χ2v) is 8.48. The van der Waals surface area contributed by atoms with E-state index in [-0.39, 0.29) is 0 Å². The third-order valence-electron chi connectivity index (χ3n) is 6.13. The number of aromatic nitrogens is 5. The molecule has 0 N–H and O–H groups in total. The molecule has 0 atom stereocenters. The first-order valence-electron chi connectivity index (χ1n) is 11.0. The molecule has 0 amide bonds. The quantitative estimate of drug-likeness (QED) is 0.582. The van der Waals surface area contributed by atoms with Crippen molar-refractivity contribution in [3.8, 4) is 0 Å². The monoisotopic (exact) mass is 394 g/mol. The normalized spacial score (nSPS) is 18.5. The minimum atomic E-state index is 0.503. The van der Waals surface area contributed by atoms with Gasteiger partial charge in [-0.2, -0.15) is 0 Å². The lowest BCUT2D eigenvalue weighted by Gasteiger charge is -2.31. The van der Waals surface area contributed by atoms with Crippen molar-refractivity contribution in [2.24, 2.45) is 0 Å². The molecule has 1 aliphatic heterocycles. The number of hydrogen-bond acceptors (Lipinski definition) is 5. The van der Waals surface area contributed by atoms with Crippen LogP contribution in [0.3, 0.4) is 0 Å². The maximum atomic E-state index is 5.97. The highest BCUT2D eigenvalue weighted by Crippen LogP contribution is 2.40. The van der Waals surface area contributed by atoms with Crippen LogP contribution in [0.5, 0.6) is 0 Å². The van der Waals surface area contributed by atoms with Gasteiger partial charge in [-0.1, -0.05) is 6.92 Å². The summed E-state index contributed by atoms with van der Waals surface area (Å²) in [5, 5.41) is 9.23. The van der Waals surface area contributed by atoms with E-state index in [1.807, 2.05) is 18.7 Å². The highest BCUT2D eigenvalue weighted by atomic mass is 16.3. The molecule has 0 spiro atoms. The van der Waals surface area contributed by atoms with Gasteiger partial charge < -0.3 is 13.6 Å². The van der Waals surface area contributed by atoms with Crippen LogP contribution in [0.2, 0.25) is 0 Å². The predicted molar refractivity (Wildman–Crippen MR) is 110 cm³/mol. The maximum absolute atomic E-state index is 5.97. The van der Waals surface area contributed by atoms with Crippen molar-refractivity contribution >= 4 is 0 Å². The average molecular weight is 395 g/mol. The van der Waals surface area contributed by atoms with Crippen molar-refractivity contribution in [1.82, 2.24) is 29.2 Å². The highest BCUT2D eigenvalue weighted by Gasteiger charge is 2.33. The molecule has 154 valence electrons. The maximum Gasteiger partial charge on any atom is 0.153 e. The summed E-state index contributed by atoms with van der Waals surface area (Å²) in [6.07, 6.45) is 12.6. The summed E-state index contributed by atoms with van der Waals surface area (Å²) in [6.45, 7) is 6.03. The Kier molecular flexibility index (Phi) is 5.23. The van der Waals surface area contributed by atoms with Crippen molar-refractivity contribution in [3.05, 3.63) is 54.0 Å². The van der Waals surface area contributed by atoms with Crippen LogP contribution in [-0.4, -0.2) is 42.3 Å². The van der Waals surface area contributed by atoms with Crippen LogP contribution < -0.4 is 0 Å². The molecular formula is C22H30N6O. The molecule has 0 aromatic carbocycles. The minimum absolute atomic E-state index is 0.503. The summed E-state index contributed by atoms with van der Waals surface area (Å²) >= 11 is 0. The van der Waals surface area contributed by atoms with Gasteiger partial charge >= 0.3 is 0 Å². The topological polar surface area (TPSA) is 64.9 Å². The molecule has 29 heavy (non-hydrogen) atoms. The second kappa shape index (κ2) is 8.14. The van der Waals surface area contributed by atoms with Crippen LogP contribution in [0.25, 0.3) is 0 Å². The van der Waals surface area contributed by atoms with Crippen molar-refractivity contribution in [2.75, 3.05) is 13.1 Å². The number of piperidine rings is 1. The number of aryl methyl sites for hydroxylation is 1. The summed E-state index contributed by atoms with van der Waals surface area (Å²) in [7, 11) is 0. The number of likely N-dealkylation sites (tertiary alicyclic amines) is 1. The Morgan fingerprint density at radius 1 is 1.03 bits per heavy atom. The number of nitrogens with zero attached hydrogens (tertiary/aromatic N) is 6. The van der Waals surface area contributed by atoms with Crippen LogP contribution in [0.15, 0.2) is 35.3 Å². The predicted octanol–water partition coefficient (Wildman–Crippen LogP) is 3.78. The standard InChI is InChI=1S/C22H30N6O/c1-2-3-19-6-7-20(29-19)14-26-11-8-17(9-12-26)22-25-24-21(28(22)18-4-5-18)15-27-13-10-23-16-27/h6-7,10,13,16-18H,2-5,8-9,11-12,14-15H2,1H3. The first kappa shape index (κ1) is 18.6. The van der Waals surface area contributed by atoms with E-state index >= 15 is 0 Å². The minimum Gasteiger partial charge on any atom is -0.465 e. The zero-order valence-corrected chi connectivity index (χ0v) is 17.2. The van der Waals surface area contributed by atoms with E-state index in [1.54, 1.807) is 0 Å². The lowest BCUT2D eigenvalue weighted by Crippen LogP contribution is -2.33. The van der Waals surface area contributed by atoms with E-state index in [9.17, 15) is 0 Å². The second-order valence-electron chi connectivity index (χ2n) is 8.48. The van der Waals surface area contributed by atoms with Gasteiger partial charge in [-0.15, -0.1) is 10.2 Å². The van der Waals surface area contributed by atoms with E-state index in [0.717, 1.165) is 69.2 Å². The van der Waals surface area contributed by atoms with E-state index < -0.39 is 0 Å². The first-order valence-corrected chi connectivity index (χ1v) is 11.0. The fourth-order valence-electron chi connectivity index (χ4n) is 4.46. The van der Waals surface area contributed by atoms with Gasteiger partial charge in [0.1, 0.15) is 17.3 Å². The van der Waals surface area contributed by atoms with Gasteiger partial charge in [-0.25, -0.2) is 4.98 Å². The van der Waals surface area contributed by atoms with Crippen LogP contribution in [0, 0.1) is 0 Å². The lowest BCUT2D eigenvalue weighted by molar-refractivity contribution is 0.185. The van der Waals surface area contributed by atoms with Gasteiger partial charge in [0.25, 0.3) is 0 Å². The smallest absolute Gasteiger partial charge is 0.153 e. The summed E-state index contributed by atoms with van der Waals surface area (Å²) in [5.41, 5.74) is 0. The van der Waals surface area contributed by atoms with Crippen LogP contribution in [-0.2, 0) is 19.5 Å². The Hall–Kier alpha value is -2.41. The van der Waals surface area contributed by atoms with E-state index in [0.29, 0.717) is 12.0 Å². The largest absolute Gasteiger partial charge is 0.465 e. The lowest BCUT2D eigenvalue weighted by atomic mass is 9.95. The zero-order chi connectivity index (χ0) is 19.6. The Labute approximate surface area is 171 Å². The molecule has 7 heteroatoms. The van der Waals surface area contributed by atoms with Gasteiger partial charge in [-0.3, -0.25) is 4.90 Å². The number of rotatable bonds is 8. The molecule has 5 rings (SSSR count). The molecule has 0 radical (unpaired) electrons. The number of imidazole rings is 1. The van der Waals surface area contributed by atoms with E-state index in [4.69, 9.17) is 4.42 Å². The highest BCUT2D eigenvalue weighted by molar-refractivity contribution is 5.10. The summed E-state index contributed by atoms with van der Waals surface area (Å²) in [5.74, 6) is 4.98. The summed E-state index contributed by atoms with van der Waals surface area (Å²) < 4.78 is 10.5. The molecule has 1 aliphatic carbocycles. The Morgan fingerprint density at radius 3 is 2.59 bits per heavy atom.